The summed E-state index contributed by atoms with van der Waals surface area (Å²) in [4.78, 5) is 32.2. The van der Waals surface area contributed by atoms with Crippen LogP contribution in [0.2, 0.25) is 0 Å². The SMILES string of the molecule is COc1cc(C(=O)/C=C/c2cccs2)cc(CN2CCN(Cc3cc(C(=O)/C=C/c4cccs4)cc(OC)c3O)CC2)c1O. The molecule has 0 aliphatic carbocycles. The zero-order chi connectivity index (χ0) is 31.1. The van der Waals surface area contributed by atoms with Crippen LogP contribution < -0.4 is 9.47 Å². The fourth-order valence-electron chi connectivity index (χ4n) is 5.04. The summed E-state index contributed by atoms with van der Waals surface area (Å²) in [6.45, 7) is 3.73. The van der Waals surface area contributed by atoms with E-state index in [0.29, 0.717) is 61.5 Å². The highest BCUT2D eigenvalue weighted by molar-refractivity contribution is 7.11. The topological polar surface area (TPSA) is 99.5 Å². The number of piperazine rings is 1. The van der Waals surface area contributed by atoms with E-state index in [9.17, 15) is 19.8 Å². The number of allylic oxidation sites excluding steroid dienone is 2. The summed E-state index contributed by atoms with van der Waals surface area (Å²) < 4.78 is 10.8. The van der Waals surface area contributed by atoms with E-state index in [0.717, 1.165) is 9.75 Å². The number of ether oxygens (including phenoxy) is 2. The Morgan fingerprint density at radius 2 is 1.14 bits per heavy atom. The Kier molecular flexibility index (Phi) is 10.3. The van der Waals surface area contributed by atoms with E-state index in [2.05, 4.69) is 9.80 Å². The number of carbonyl (C=O) groups is 2. The monoisotopic (exact) mass is 630 g/mol. The Bertz CT molecular complexity index is 1530. The number of phenols is 2. The summed E-state index contributed by atoms with van der Waals surface area (Å²) in [6.07, 6.45) is 6.64. The van der Waals surface area contributed by atoms with Crippen molar-refractivity contribution in [2.24, 2.45) is 0 Å². The molecule has 3 heterocycles. The predicted octanol–water partition coefficient (Wildman–Crippen LogP) is 6.35. The second-order valence-electron chi connectivity index (χ2n) is 10.4. The van der Waals surface area contributed by atoms with Crippen molar-refractivity contribution in [3.05, 3.63) is 103 Å². The molecule has 2 N–H and O–H groups in total. The standard InChI is InChI=1S/C34H34N2O6S2/c1-41-31-19-23(29(37)9-7-27-5-3-15-43-27)17-25(33(31)39)21-35-11-13-36(14-12-35)22-26-18-24(20-32(42-2)34(26)40)30(38)10-8-28-6-4-16-44-28/h3-10,15-20,39-40H,11-14,21-22H2,1-2H3/b9-7+,10-8+. The lowest BCUT2D eigenvalue weighted by Crippen LogP contribution is -2.45. The lowest BCUT2D eigenvalue weighted by atomic mass is 10.0. The average molecular weight is 631 g/mol. The zero-order valence-electron chi connectivity index (χ0n) is 24.6. The molecular weight excluding hydrogens is 597 g/mol. The molecule has 10 heteroatoms. The van der Waals surface area contributed by atoms with E-state index in [1.54, 1.807) is 59.1 Å². The first kappa shape index (κ1) is 31.2. The van der Waals surface area contributed by atoms with Crippen LogP contribution in [0.25, 0.3) is 12.2 Å². The van der Waals surface area contributed by atoms with E-state index >= 15 is 0 Å². The maximum absolute atomic E-state index is 12.9. The largest absolute Gasteiger partial charge is 0.504 e. The highest BCUT2D eigenvalue weighted by Crippen LogP contribution is 2.35. The summed E-state index contributed by atoms with van der Waals surface area (Å²) >= 11 is 3.10. The van der Waals surface area contributed by atoms with Gasteiger partial charge in [0, 0.05) is 71.3 Å². The molecule has 2 aromatic heterocycles. The van der Waals surface area contributed by atoms with Gasteiger partial charge in [-0.2, -0.15) is 0 Å². The van der Waals surface area contributed by atoms with E-state index in [4.69, 9.17) is 9.47 Å². The molecule has 44 heavy (non-hydrogen) atoms. The minimum absolute atomic E-state index is 0.0281. The number of phenolic OH excluding ortho intramolecular Hbond substituents is 2. The van der Waals surface area contributed by atoms with Crippen LogP contribution in [0.3, 0.4) is 0 Å². The van der Waals surface area contributed by atoms with Crippen molar-refractivity contribution in [2.45, 2.75) is 13.1 Å². The van der Waals surface area contributed by atoms with Crippen LogP contribution in [0.4, 0.5) is 0 Å². The van der Waals surface area contributed by atoms with E-state index in [1.165, 1.54) is 26.4 Å². The first-order chi connectivity index (χ1) is 21.3. The fraction of sp³-hybridized carbons (Fsp3) is 0.235. The Morgan fingerprint density at radius 1 is 0.727 bits per heavy atom. The van der Waals surface area contributed by atoms with Gasteiger partial charge in [0.1, 0.15) is 0 Å². The highest BCUT2D eigenvalue weighted by atomic mass is 32.1. The van der Waals surface area contributed by atoms with Crippen LogP contribution in [0, 0.1) is 0 Å². The van der Waals surface area contributed by atoms with Crippen molar-refractivity contribution in [3.63, 3.8) is 0 Å². The van der Waals surface area contributed by atoms with E-state index in [-0.39, 0.29) is 34.6 Å². The number of benzene rings is 2. The molecule has 0 bridgehead atoms. The van der Waals surface area contributed by atoms with E-state index in [1.807, 2.05) is 35.0 Å². The second kappa shape index (κ2) is 14.5. The third-order valence-corrected chi connectivity index (χ3v) is 9.13. The van der Waals surface area contributed by atoms with Crippen molar-refractivity contribution in [1.82, 2.24) is 9.80 Å². The molecule has 0 saturated carbocycles. The summed E-state index contributed by atoms with van der Waals surface area (Å²) in [5, 5.41) is 25.6. The van der Waals surface area contributed by atoms with Gasteiger partial charge in [0.2, 0.25) is 0 Å². The Labute approximate surface area is 264 Å². The van der Waals surface area contributed by atoms with E-state index < -0.39 is 0 Å². The van der Waals surface area contributed by atoms with Crippen molar-refractivity contribution >= 4 is 46.4 Å². The molecule has 1 aliphatic rings. The summed E-state index contributed by atoms with van der Waals surface area (Å²) in [5.41, 5.74) is 2.14. The molecule has 1 aliphatic heterocycles. The molecule has 0 amide bonds. The van der Waals surface area contributed by atoms with Crippen molar-refractivity contribution in [3.8, 4) is 23.0 Å². The summed E-state index contributed by atoms with van der Waals surface area (Å²) in [6, 6.07) is 14.3. The minimum atomic E-state index is -0.166. The fourth-order valence-corrected chi connectivity index (χ4v) is 6.27. The number of aromatic hydroxyl groups is 2. The molecular formula is C34H34N2O6S2. The number of ketones is 2. The van der Waals surface area contributed by atoms with Gasteiger partial charge in [-0.05, 0) is 71.5 Å². The maximum atomic E-state index is 12.9. The normalized spacial score (nSPS) is 14.4. The first-order valence-corrected chi connectivity index (χ1v) is 15.9. The van der Waals surface area contributed by atoms with Crippen molar-refractivity contribution in [2.75, 3.05) is 40.4 Å². The molecule has 0 atom stereocenters. The molecule has 228 valence electrons. The number of methoxy groups -OCH3 is 2. The number of hydrogen-bond acceptors (Lipinski definition) is 10. The molecule has 0 unspecified atom stereocenters. The van der Waals surface area contributed by atoms with Gasteiger partial charge in [-0.3, -0.25) is 19.4 Å². The number of carbonyl (C=O) groups excluding carboxylic acids is 2. The minimum Gasteiger partial charge on any atom is -0.504 e. The van der Waals surface area contributed by atoms with Crippen LogP contribution in [-0.4, -0.2) is 72.0 Å². The third kappa shape index (κ3) is 7.64. The third-order valence-electron chi connectivity index (χ3n) is 7.45. The Hall–Kier alpha value is -4.22. The van der Waals surface area contributed by atoms with Gasteiger partial charge in [0.15, 0.2) is 34.6 Å². The maximum Gasteiger partial charge on any atom is 0.186 e. The predicted molar refractivity (Wildman–Crippen MR) is 175 cm³/mol. The van der Waals surface area contributed by atoms with Crippen LogP contribution in [0.1, 0.15) is 41.6 Å². The second-order valence-corrected chi connectivity index (χ2v) is 12.3. The molecule has 8 nitrogen and oxygen atoms in total. The zero-order valence-corrected chi connectivity index (χ0v) is 26.2. The van der Waals surface area contributed by atoms with Gasteiger partial charge in [0.25, 0.3) is 0 Å². The van der Waals surface area contributed by atoms with Gasteiger partial charge in [-0.15, -0.1) is 22.7 Å². The van der Waals surface area contributed by atoms with Crippen LogP contribution in [0.5, 0.6) is 23.0 Å². The number of rotatable bonds is 12. The van der Waals surface area contributed by atoms with Crippen LogP contribution in [-0.2, 0) is 13.1 Å². The first-order valence-electron chi connectivity index (χ1n) is 14.1. The average Bonchev–Trinajstić information content (AvgIpc) is 3.76. The van der Waals surface area contributed by atoms with Gasteiger partial charge < -0.3 is 19.7 Å². The molecule has 1 saturated heterocycles. The number of hydrogen-bond donors (Lipinski definition) is 2. The lowest BCUT2D eigenvalue weighted by Gasteiger charge is -2.35. The van der Waals surface area contributed by atoms with Gasteiger partial charge >= 0.3 is 0 Å². The Balaban J connectivity index is 1.24. The molecule has 2 aromatic carbocycles. The summed E-state index contributed by atoms with van der Waals surface area (Å²) in [7, 11) is 2.95. The van der Waals surface area contributed by atoms with Crippen molar-refractivity contribution < 1.29 is 29.3 Å². The van der Waals surface area contributed by atoms with Gasteiger partial charge in [-0.25, -0.2) is 0 Å². The van der Waals surface area contributed by atoms with Crippen LogP contribution in [0.15, 0.2) is 71.4 Å². The van der Waals surface area contributed by atoms with Gasteiger partial charge in [0.05, 0.1) is 14.2 Å². The molecule has 1 fully saturated rings. The quantitative estimate of drug-likeness (QED) is 0.138. The number of nitrogens with zero attached hydrogens (tertiary/aromatic N) is 2. The Morgan fingerprint density at radius 3 is 1.48 bits per heavy atom. The molecule has 0 spiro atoms. The summed E-state index contributed by atoms with van der Waals surface area (Å²) in [5.74, 6) is 0.248. The molecule has 5 rings (SSSR count). The number of thiophene rings is 2. The van der Waals surface area contributed by atoms with Crippen LogP contribution >= 0.6 is 22.7 Å². The molecule has 0 radical (unpaired) electrons. The van der Waals surface area contributed by atoms with Gasteiger partial charge in [-0.1, -0.05) is 12.1 Å². The highest BCUT2D eigenvalue weighted by Gasteiger charge is 2.23. The smallest absolute Gasteiger partial charge is 0.186 e. The molecule has 4 aromatic rings. The van der Waals surface area contributed by atoms with Crippen molar-refractivity contribution in [1.29, 1.82) is 0 Å². The lowest BCUT2D eigenvalue weighted by molar-refractivity contribution is 0.103.